The van der Waals surface area contributed by atoms with Gasteiger partial charge in [0.05, 0.1) is 18.7 Å². The van der Waals surface area contributed by atoms with Gasteiger partial charge in [0.25, 0.3) is 0 Å². The van der Waals surface area contributed by atoms with Crippen molar-refractivity contribution in [2.45, 2.75) is 64.6 Å². The first-order valence-electron chi connectivity index (χ1n) is 14.1. The zero-order chi connectivity index (χ0) is 26.8. The van der Waals surface area contributed by atoms with E-state index in [1.54, 1.807) is 0 Å². The van der Waals surface area contributed by atoms with Gasteiger partial charge in [0.15, 0.2) is 0 Å². The first-order valence-corrected chi connectivity index (χ1v) is 14.9. The number of nitrogens with one attached hydrogen (secondary N) is 1. The average molecular weight is 576 g/mol. The molecule has 0 unspecified atom stereocenters. The second-order valence-corrected chi connectivity index (χ2v) is 12.5. The van der Waals surface area contributed by atoms with E-state index in [2.05, 4.69) is 120 Å². The molecule has 0 atom stereocenters. The van der Waals surface area contributed by atoms with Crippen molar-refractivity contribution in [3.8, 4) is 0 Å². The summed E-state index contributed by atoms with van der Waals surface area (Å²) in [5.74, 6) is 0.335. The molecule has 0 saturated carbocycles. The molecule has 1 amide bonds. The van der Waals surface area contributed by atoms with Gasteiger partial charge in [-0.15, -0.1) is 0 Å². The molecule has 5 heteroatoms. The second-order valence-electron chi connectivity index (χ2n) is 11.6. The highest BCUT2D eigenvalue weighted by Crippen LogP contribution is 2.41. The van der Waals surface area contributed by atoms with E-state index in [4.69, 9.17) is 0 Å². The number of anilines is 1. The monoisotopic (exact) mass is 574 g/mol. The zero-order valence-corrected chi connectivity index (χ0v) is 24.6. The van der Waals surface area contributed by atoms with Gasteiger partial charge < -0.3 is 10.2 Å². The molecular formula is C33H41BrN3O+. The van der Waals surface area contributed by atoms with E-state index in [-0.39, 0.29) is 5.54 Å². The third-order valence-corrected chi connectivity index (χ3v) is 9.81. The van der Waals surface area contributed by atoms with Crippen LogP contribution in [0.3, 0.4) is 0 Å². The van der Waals surface area contributed by atoms with Crippen LogP contribution in [0.2, 0.25) is 0 Å². The fourth-order valence-corrected chi connectivity index (χ4v) is 7.16. The van der Waals surface area contributed by atoms with Crippen LogP contribution in [0.15, 0.2) is 77.3 Å². The lowest BCUT2D eigenvalue weighted by molar-refractivity contribution is -0.906. The molecule has 2 aliphatic heterocycles. The normalized spacial score (nSPS) is 23.1. The molecule has 2 aliphatic rings. The molecule has 2 fully saturated rings. The van der Waals surface area contributed by atoms with Gasteiger partial charge in [-0.2, -0.15) is 0 Å². The van der Waals surface area contributed by atoms with E-state index in [1.807, 2.05) is 0 Å². The number of likely N-dealkylation sites (tertiary alicyclic amines) is 1. The van der Waals surface area contributed by atoms with E-state index in [9.17, 15) is 4.79 Å². The largest absolute Gasteiger partial charge is 0.364 e. The Morgan fingerprint density at radius 2 is 1.53 bits per heavy atom. The number of hydrogen-bond donors (Lipinski definition) is 1. The van der Waals surface area contributed by atoms with Gasteiger partial charge in [-0.3, -0.25) is 4.48 Å². The second kappa shape index (κ2) is 11.3. The van der Waals surface area contributed by atoms with Crippen LogP contribution in [0.4, 0.5) is 5.69 Å². The van der Waals surface area contributed by atoms with Crippen LogP contribution in [0, 0.1) is 13.8 Å². The molecular weight excluding hydrogens is 534 g/mol. The molecule has 38 heavy (non-hydrogen) atoms. The van der Waals surface area contributed by atoms with Crippen LogP contribution in [-0.2, 0) is 6.54 Å². The molecule has 0 aliphatic carbocycles. The van der Waals surface area contributed by atoms with Crippen molar-refractivity contribution < 1.29 is 9.28 Å². The number of halogens is 1. The predicted molar refractivity (Wildman–Crippen MR) is 161 cm³/mol. The highest BCUT2D eigenvalue weighted by Gasteiger charge is 2.55. The fourth-order valence-electron chi connectivity index (χ4n) is 6.90. The van der Waals surface area contributed by atoms with E-state index in [0.717, 1.165) is 79.6 Å². The number of amides is 1. The number of aryl methyl sites for hydroxylation is 2. The van der Waals surface area contributed by atoms with Gasteiger partial charge in [0.2, 0.25) is 0 Å². The van der Waals surface area contributed by atoms with Gasteiger partial charge in [-0.1, -0.05) is 64.5 Å². The van der Waals surface area contributed by atoms with Crippen molar-refractivity contribution in [1.82, 2.24) is 5.32 Å². The summed E-state index contributed by atoms with van der Waals surface area (Å²) in [6, 6.07) is 26.1. The number of carbonyl (C=O) groups is 1. The highest BCUT2D eigenvalue weighted by atomic mass is 79.9. The molecule has 2 saturated heterocycles. The Morgan fingerprint density at radius 1 is 0.921 bits per heavy atom. The fraction of sp³-hybridized carbons (Fsp3) is 0.424. The Hall–Kier alpha value is -2.47. The minimum Gasteiger partial charge on any atom is -0.364 e. The van der Waals surface area contributed by atoms with E-state index >= 15 is 0 Å². The summed E-state index contributed by atoms with van der Waals surface area (Å²) < 4.78 is 1.68. The van der Waals surface area contributed by atoms with E-state index in [0.29, 0.717) is 16.4 Å². The highest BCUT2D eigenvalue weighted by molar-refractivity contribution is 9.10. The number of nitrogens with zero attached hydrogens (tertiary/aromatic N) is 2. The van der Waals surface area contributed by atoms with Gasteiger partial charge in [0.1, 0.15) is 5.54 Å². The molecule has 4 nitrogen and oxygen atoms in total. The Balaban J connectivity index is 1.48. The van der Waals surface area contributed by atoms with Crippen LogP contribution in [0.5, 0.6) is 0 Å². The van der Waals surface area contributed by atoms with Gasteiger partial charge >= 0.3 is 5.91 Å². The molecule has 3 aromatic carbocycles. The first kappa shape index (κ1) is 27.1. The Labute approximate surface area is 236 Å². The minimum atomic E-state index is -0.0517. The topological polar surface area (TPSA) is 32.3 Å². The number of carbonyl (C=O) groups excluding carboxylic acids is 1. The summed E-state index contributed by atoms with van der Waals surface area (Å²) in [5.41, 5.74) is 5.67. The number of quaternary nitrogens is 1. The molecule has 0 bridgehead atoms. The first-order chi connectivity index (χ1) is 18.3. The SMILES string of the molecule is Cc1cccc(C)c1C(=O)[N+]1(C2(C)CCNCC2)CCC(N(Cc2ccccc2)c2ccc(Br)cc2)CC1. The van der Waals surface area contributed by atoms with E-state index in [1.165, 1.54) is 11.3 Å². The standard InChI is InChI=1S/C33H41BrN3O/c1-25-8-7-9-26(2)31(25)32(38)37(33(3)18-20-35-21-19-33)22-16-30(17-23-37)36(24-27-10-5-4-6-11-27)29-14-12-28(34)13-15-29/h4-15,30,35H,16-24H2,1-3H3/q+1. The molecule has 200 valence electrons. The average Bonchev–Trinajstić information content (AvgIpc) is 2.93. The quantitative estimate of drug-likeness (QED) is 0.320. The number of hydrogen-bond acceptors (Lipinski definition) is 3. The zero-order valence-electron chi connectivity index (χ0n) is 23.1. The maximum absolute atomic E-state index is 14.7. The molecule has 1 N–H and O–H groups in total. The van der Waals surface area contributed by atoms with Crippen molar-refractivity contribution in [3.05, 3.63) is 99.5 Å². The molecule has 0 radical (unpaired) electrons. The van der Waals surface area contributed by atoms with Crippen LogP contribution < -0.4 is 10.2 Å². The summed E-state index contributed by atoms with van der Waals surface area (Å²) in [6.07, 6.45) is 4.08. The minimum absolute atomic E-state index is 0.0517. The van der Waals surface area contributed by atoms with Crippen LogP contribution in [0.25, 0.3) is 0 Å². The van der Waals surface area contributed by atoms with Gasteiger partial charge in [-0.25, -0.2) is 4.79 Å². The number of piperidine rings is 2. The maximum Gasteiger partial charge on any atom is 0.346 e. The van der Waals surface area contributed by atoms with E-state index < -0.39 is 0 Å². The van der Waals surface area contributed by atoms with Crippen LogP contribution in [-0.4, -0.2) is 48.2 Å². The van der Waals surface area contributed by atoms with Crippen LogP contribution >= 0.6 is 15.9 Å². The Kier molecular flexibility index (Phi) is 8.08. The smallest absolute Gasteiger partial charge is 0.346 e. The molecule has 0 spiro atoms. The molecule has 2 heterocycles. The predicted octanol–water partition coefficient (Wildman–Crippen LogP) is 7.03. The van der Waals surface area contributed by atoms with Crippen molar-refractivity contribution in [3.63, 3.8) is 0 Å². The summed E-state index contributed by atoms with van der Waals surface area (Å²) in [6.45, 7) is 11.2. The third kappa shape index (κ3) is 5.21. The maximum atomic E-state index is 14.7. The summed E-state index contributed by atoms with van der Waals surface area (Å²) in [7, 11) is 0. The van der Waals surface area contributed by atoms with Crippen molar-refractivity contribution in [2.24, 2.45) is 0 Å². The lowest BCUT2D eigenvalue weighted by atomic mass is 9.81. The molecule has 5 rings (SSSR count). The number of benzene rings is 3. The van der Waals surface area contributed by atoms with Crippen molar-refractivity contribution >= 4 is 27.5 Å². The Bertz CT molecular complexity index is 1220. The summed E-state index contributed by atoms with van der Waals surface area (Å²) in [4.78, 5) is 17.2. The molecule has 3 aromatic rings. The number of rotatable bonds is 6. The van der Waals surface area contributed by atoms with Crippen molar-refractivity contribution in [2.75, 3.05) is 31.1 Å². The summed E-state index contributed by atoms with van der Waals surface area (Å²) >= 11 is 3.61. The van der Waals surface area contributed by atoms with Crippen LogP contribution in [0.1, 0.15) is 59.7 Å². The van der Waals surface area contributed by atoms with Crippen molar-refractivity contribution in [1.29, 1.82) is 0 Å². The Morgan fingerprint density at radius 3 is 2.13 bits per heavy atom. The lowest BCUT2D eigenvalue weighted by Gasteiger charge is -2.55. The third-order valence-electron chi connectivity index (χ3n) is 9.28. The lowest BCUT2D eigenvalue weighted by Crippen LogP contribution is -2.71. The summed E-state index contributed by atoms with van der Waals surface area (Å²) in [5, 5.41) is 3.54. The van der Waals surface area contributed by atoms with Gasteiger partial charge in [0, 0.05) is 61.5 Å². The molecule has 0 aromatic heterocycles. The van der Waals surface area contributed by atoms with Gasteiger partial charge in [-0.05, 0) is 61.7 Å².